The first kappa shape index (κ1) is 18.1. The van der Waals surface area contributed by atoms with E-state index in [0.717, 1.165) is 28.6 Å². The standard InChI is InChI=1S/C21H23N3O2S/c1-14(25)22-17-3-2-4-19(11-17)27-18-7-5-15(6-8-18)21(26)23-20-13-24-10-9-16(20)12-24/h2-8,11,16,20H,9-10,12-13H2,1H3,(H,22,25)(H,23,26)/t16-,20?/m0/s1. The zero-order chi connectivity index (χ0) is 18.8. The molecule has 5 nitrogen and oxygen atoms in total. The number of amides is 2. The molecule has 2 amide bonds. The maximum atomic E-state index is 12.5. The van der Waals surface area contributed by atoms with Gasteiger partial charge in [0.15, 0.2) is 0 Å². The number of carbonyl (C=O) groups excluding carboxylic acids is 2. The van der Waals surface area contributed by atoms with Crippen molar-refractivity contribution in [1.82, 2.24) is 10.2 Å². The van der Waals surface area contributed by atoms with Crippen LogP contribution in [0.1, 0.15) is 23.7 Å². The van der Waals surface area contributed by atoms with Gasteiger partial charge in [-0.05, 0) is 61.3 Å². The van der Waals surface area contributed by atoms with Gasteiger partial charge in [0.2, 0.25) is 5.91 Å². The van der Waals surface area contributed by atoms with Crippen molar-refractivity contribution in [2.45, 2.75) is 29.2 Å². The van der Waals surface area contributed by atoms with E-state index in [4.69, 9.17) is 0 Å². The van der Waals surface area contributed by atoms with Gasteiger partial charge in [0.05, 0.1) is 0 Å². The average molecular weight is 382 g/mol. The summed E-state index contributed by atoms with van der Waals surface area (Å²) in [5.41, 5.74) is 1.48. The van der Waals surface area contributed by atoms with Crippen LogP contribution in [0, 0.1) is 5.92 Å². The van der Waals surface area contributed by atoms with Crippen LogP contribution in [0.3, 0.4) is 0 Å². The van der Waals surface area contributed by atoms with Crippen molar-refractivity contribution < 1.29 is 9.59 Å². The predicted molar refractivity (Wildman–Crippen MR) is 107 cm³/mol. The highest BCUT2D eigenvalue weighted by molar-refractivity contribution is 7.99. The minimum Gasteiger partial charge on any atom is -0.348 e. The molecule has 0 saturated carbocycles. The maximum Gasteiger partial charge on any atom is 0.251 e. The number of anilines is 1. The van der Waals surface area contributed by atoms with E-state index in [2.05, 4.69) is 15.5 Å². The summed E-state index contributed by atoms with van der Waals surface area (Å²) in [6.45, 7) is 4.77. The molecule has 2 fully saturated rings. The first-order chi connectivity index (χ1) is 13.1. The molecule has 27 heavy (non-hydrogen) atoms. The number of hydrogen-bond acceptors (Lipinski definition) is 4. The molecule has 2 aromatic carbocycles. The molecule has 2 saturated heterocycles. The molecular weight excluding hydrogens is 358 g/mol. The van der Waals surface area contributed by atoms with Crippen molar-refractivity contribution in [2.75, 3.05) is 25.0 Å². The number of benzene rings is 2. The second kappa shape index (κ2) is 7.74. The summed E-state index contributed by atoms with van der Waals surface area (Å²) in [6.07, 6.45) is 1.19. The first-order valence-electron chi connectivity index (χ1n) is 9.25. The number of nitrogens with zero attached hydrogens (tertiary/aromatic N) is 1. The maximum absolute atomic E-state index is 12.5. The molecule has 0 aliphatic carbocycles. The van der Waals surface area contributed by atoms with Gasteiger partial charge in [-0.3, -0.25) is 9.59 Å². The summed E-state index contributed by atoms with van der Waals surface area (Å²) in [5.74, 6) is 0.539. The second-order valence-electron chi connectivity index (χ2n) is 7.22. The molecular formula is C21H23N3O2S. The highest BCUT2D eigenvalue weighted by atomic mass is 32.2. The molecule has 2 aromatic rings. The number of hydrogen-bond donors (Lipinski definition) is 2. The van der Waals surface area contributed by atoms with Crippen LogP contribution in [-0.2, 0) is 4.79 Å². The Bertz CT molecular complexity index is 853. The van der Waals surface area contributed by atoms with Crippen molar-refractivity contribution in [1.29, 1.82) is 0 Å². The Hall–Kier alpha value is -2.31. The topological polar surface area (TPSA) is 61.4 Å². The Labute approximate surface area is 163 Å². The molecule has 2 unspecified atom stereocenters. The van der Waals surface area contributed by atoms with E-state index in [1.165, 1.54) is 19.9 Å². The van der Waals surface area contributed by atoms with Gasteiger partial charge in [0.1, 0.15) is 0 Å². The fraction of sp³-hybridized carbons (Fsp3) is 0.333. The highest BCUT2D eigenvalue weighted by Gasteiger charge is 2.38. The predicted octanol–water partition coefficient (Wildman–Crippen LogP) is 3.23. The monoisotopic (exact) mass is 381 g/mol. The lowest BCUT2D eigenvalue weighted by Crippen LogP contribution is -2.43. The van der Waals surface area contributed by atoms with E-state index in [1.54, 1.807) is 11.8 Å². The molecule has 0 aromatic heterocycles. The molecule has 2 bridgehead atoms. The van der Waals surface area contributed by atoms with E-state index < -0.39 is 0 Å². The smallest absolute Gasteiger partial charge is 0.251 e. The Morgan fingerprint density at radius 1 is 1.07 bits per heavy atom. The van der Waals surface area contributed by atoms with Crippen LogP contribution in [0.5, 0.6) is 0 Å². The van der Waals surface area contributed by atoms with E-state index in [0.29, 0.717) is 11.5 Å². The fourth-order valence-electron chi connectivity index (χ4n) is 3.85. The first-order valence-corrected chi connectivity index (χ1v) is 10.1. The van der Waals surface area contributed by atoms with Crippen molar-refractivity contribution >= 4 is 29.3 Å². The summed E-state index contributed by atoms with van der Waals surface area (Å²) < 4.78 is 0. The Morgan fingerprint density at radius 2 is 1.89 bits per heavy atom. The van der Waals surface area contributed by atoms with Crippen LogP contribution in [-0.4, -0.2) is 42.4 Å². The lowest BCUT2D eigenvalue weighted by molar-refractivity contribution is -0.114. The van der Waals surface area contributed by atoms with E-state index >= 15 is 0 Å². The van der Waals surface area contributed by atoms with E-state index in [-0.39, 0.29) is 17.9 Å². The number of carbonyl (C=O) groups is 2. The molecule has 4 rings (SSSR count). The van der Waals surface area contributed by atoms with Crippen LogP contribution >= 0.6 is 11.8 Å². The Kier molecular flexibility index (Phi) is 5.18. The molecule has 3 atom stereocenters. The Balaban J connectivity index is 1.37. The quantitative estimate of drug-likeness (QED) is 0.835. The van der Waals surface area contributed by atoms with Crippen molar-refractivity contribution in [2.24, 2.45) is 5.92 Å². The largest absolute Gasteiger partial charge is 0.348 e. The number of nitrogens with one attached hydrogen (secondary N) is 2. The third-order valence-electron chi connectivity index (χ3n) is 5.16. The summed E-state index contributed by atoms with van der Waals surface area (Å²) in [7, 11) is 0. The van der Waals surface area contributed by atoms with Gasteiger partial charge < -0.3 is 15.5 Å². The van der Waals surface area contributed by atoms with Gasteiger partial charge in [-0.1, -0.05) is 17.8 Å². The molecule has 6 heteroatoms. The highest BCUT2D eigenvalue weighted by Crippen LogP contribution is 2.30. The van der Waals surface area contributed by atoms with Gasteiger partial charge >= 0.3 is 0 Å². The van der Waals surface area contributed by atoms with E-state index in [9.17, 15) is 9.59 Å². The summed E-state index contributed by atoms with van der Waals surface area (Å²) >= 11 is 1.60. The molecule has 2 heterocycles. The van der Waals surface area contributed by atoms with Gasteiger partial charge in [-0.2, -0.15) is 0 Å². The minimum absolute atomic E-state index is 0.0120. The Morgan fingerprint density at radius 3 is 2.56 bits per heavy atom. The average Bonchev–Trinajstić information content (AvgIpc) is 3.25. The van der Waals surface area contributed by atoms with Crippen LogP contribution in [0.15, 0.2) is 58.3 Å². The van der Waals surface area contributed by atoms with Gasteiger partial charge in [-0.25, -0.2) is 0 Å². The fourth-order valence-corrected chi connectivity index (χ4v) is 4.73. The third kappa shape index (κ3) is 4.34. The molecule has 2 N–H and O–H groups in total. The van der Waals surface area contributed by atoms with Crippen molar-refractivity contribution in [3.63, 3.8) is 0 Å². The molecule has 140 valence electrons. The second-order valence-corrected chi connectivity index (χ2v) is 8.37. The van der Waals surface area contributed by atoms with E-state index in [1.807, 2.05) is 48.5 Å². The molecule has 2 aliphatic heterocycles. The van der Waals surface area contributed by atoms with Gasteiger partial charge in [0, 0.05) is 47.1 Å². The molecule has 2 aliphatic rings. The summed E-state index contributed by atoms with van der Waals surface area (Å²) in [5, 5.41) is 5.99. The number of piperidine rings is 1. The van der Waals surface area contributed by atoms with Gasteiger partial charge in [-0.15, -0.1) is 0 Å². The zero-order valence-corrected chi connectivity index (χ0v) is 16.1. The van der Waals surface area contributed by atoms with Crippen molar-refractivity contribution in [3.8, 4) is 0 Å². The zero-order valence-electron chi connectivity index (χ0n) is 15.3. The SMILES string of the molecule is CC(=O)Nc1cccc(Sc2ccc(C(=O)NC3CN4CC[C@H]3C4)cc2)c1. The summed E-state index contributed by atoms with van der Waals surface area (Å²) in [6, 6.07) is 15.7. The lowest BCUT2D eigenvalue weighted by Gasteiger charge is -2.23. The molecule has 0 spiro atoms. The third-order valence-corrected chi connectivity index (χ3v) is 6.15. The van der Waals surface area contributed by atoms with Crippen LogP contribution in [0.25, 0.3) is 0 Å². The van der Waals surface area contributed by atoms with Crippen LogP contribution in [0.4, 0.5) is 5.69 Å². The van der Waals surface area contributed by atoms with Gasteiger partial charge in [0.25, 0.3) is 5.91 Å². The van der Waals surface area contributed by atoms with Crippen LogP contribution in [0.2, 0.25) is 0 Å². The minimum atomic E-state index is -0.0835. The molecule has 0 radical (unpaired) electrons. The van der Waals surface area contributed by atoms with Crippen LogP contribution < -0.4 is 10.6 Å². The lowest BCUT2D eigenvalue weighted by atomic mass is 9.99. The number of rotatable bonds is 5. The summed E-state index contributed by atoms with van der Waals surface area (Å²) in [4.78, 5) is 28.2. The van der Waals surface area contributed by atoms with Crippen molar-refractivity contribution in [3.05, 3.63) is 54.1 Å². The normalized spacial score (nSPS) is 23.2. The number of fused-ring (bicyclic) bond motifs is 2.